The number of benzene rings is 1. The molecule has 0 heterocycles. The molecule has 1 aromatic carbocycles. The fourth-order valence-corrected chi connectivity index (χ4v) is 1.92. The maximum Gasteiger partial charge on any atom is 0.194 e. The molecule has 1 N–H and O–H groups in total. The van der Waals surface area contributed by atoms with Gasteiger partial charge in [0, 0.05) is 11.6 Å². The van der Waals surface area contributed by atoms with Crippen LogP contribution >= 0.6 is 0 Å². The first kappa shape index (κ1) is 16.0. The van der Waals surface area contributed by atoms with Crippen LogP contribution < -0.4 is 5.32 Å². The summed E-state index contributed by atoms with van der Waals surface area (Å²) in [6.07, 6.45) is 0.655. The van der Waals surface area contributed by atoms with Gasteiger partial charge in [-0.2, -0.15) is 0 Å². The maximum atomic E-state index is 13.8. The van der Waals surface area contributed by atoms with E-state index in [9.17, 15) is 13.2 Å². The van der Waals surface area contributed by atoms with E-state index < -0.39 is 17.5 Å². The zero-order chi connectivity index (χ0) is 14.8. The van der Waals surface area contributed by atoms with Crippen LogP contribution in [0.1, 0.15) is 45.7 Å². The van der Waals surface area contributed by atoms with Gasteiger partial charge in [-0.15, -0.1) is 0 Å². The van der Waals surface area contributed by atoms with Gasteiger partial charge in [0.05, 0.1) is 0 Å². The average molecular weight is 273 g/mol. The molecule has 0 saturated carbocycles. The standard InChI is InChI=1S/C15H22F3N/c1-9(15(2,3)4)8-12(19-5)10-6-7-11(16)14(18)13(10)17/h6-7,9,12,19H,8H2,1-5H3. The van der Waals surface area contributed by atoms with E-state index in [4.69, 9.17) is 0 Å². The summed E-state index contributed by atoms with van der Waals surface area (Å²) in [5.41, 5.74) is 0.252. The Kier molecular flexibility index (Phi) is 5.02. The van der Waals surface area contributed by atoms with Crippen molar-refractivity contribution in [2.45, 2.75) is 40.2 Å². The molecule has 1 nitrogen and oxygen atoms in total. The van der Waals surface area contributed by atoms with Crippen molar-refractivity contribution in [1.29, 1.82) is 0 Å². The van der Waals surface area contributed by atoms with Crippen molar-refractivity contribution < 1.29 is 13.2 Å². The monoisotopic (exact) mass is 273 g/mol. The van der Waals surface area contributed by atoms with Crippen LogP contribution in [0.5, 0.6) is 0 Å². The van der Waals surface area contributed by atoms with Gasteiger partial charge in [-0.1, -0.05) is 33.8 Å². The van der Waals surface area contributed by atoms with Gasteiger partial charge in [0.1, 0.15) is 0 Å². The molecule has 0 radical (unpaired) electrons. The highest BCUT2D eigenvalue weighted by Gasteiger charge is 2.26. The lowest BCUT2D eigenvalue weighted by molar-refractivity contribution is 0.224. The number of halogens is 3. The molecule has 0 spiro atoms. The molecule has 2 atom stereocenters. The van der Waals surface area contributed by atoms with Crippen LogP contribution in [-0.2, 0) is 0 Å². The molecule has 1 rings (SSSR count). The molecule has 4 heteroatoms. The SMILES string of the molecule is CNC(CC(C)C(C)(C)C)c1ccc(F)c(F)c1F. The third-order valence-electron chi connectivity index (χ3n) is 3.86. The van der Waals surface area contributed by atoms with Crippen molar-refractivity contribution in [2.24, 2.45) is 11.3 Å². The summed E-state index contributed by atoms with van der Waals surface area (Å²) in [5.74, 6) is -3.35. The molecule has 0 saturated heterocycles. The van der Waals surface area contributed by atoms with Gasteiger partial charge in [-0.05, 0) is 30.9 Å². The molecule has 2 unspecified atom stereocenters. The molecule has 0 aliphatic heterocycles. The fourth-order valence-electron chi connectivity index (χ4n) is 1.92. The molecular formula is C15H22F3N. The highest BCUT2D eigenvalue weighted by molar-refractivity contribution is 5.23. The number of rotatable bonds is 4. The first-order valence-corrected chi connectivity index (χ1v) is 6.49. The van der Waals surface area contributed by atoms with E-state index in [2.05, 4.69) is 33.0 Å². The van der Waals surface area contributed by atoms with Crippen LogP contribution in [-0.4, -0.2) is 7.05 Å². The summed E-state index contributed by atoms with van der Waals surface area (Å²) in [6, 6.07) is 1.95. The first-order valence-electron chi connectivity index (χ1n) is 6.49. The Morgan fingerprint density at radius 3 is 2.16 bits per heavy atom. The van der Waals surface area contributed by atoms with Gasteiger partial charge in [0.25, 0.3) is 0 Å². The van der Waals surface area contributed by atoms with Crippen LogP contribution in [0.3, 0.4) is 0 Å². The van der Waals surface area contributed by atoms with Gasteiger partial charge in [0.15, 0.2) is 17.5 Å². The van der Waals surface area contributed by atoms with Gasteiger partial charge < -0.3 is 5.32 Å². The van der Waals surface area contributed by atoms with E-state index in [1.807, 2.05) is 0 Å². The molecule has 0 amide bonds. The Morgan fingerprint density at radius 1 is 1.11 bits per heavy atom. The molecule has 1 aromatic rings. The third kappa shape index (κ3) is 3.72. The fraction of sp³-hybridized carbons (Fsp3) is 0.600. The number of hydrogen-bond donors (Lipinski definition) is 1. The summed E-state index contributed by atoms with van der Waals surface area (Å²) < 4.78 is 40.0. The summed E-state index contributed by atoms with van der Waals surface area (Å²) in [5, 5.41) is 2.98. The molecule has 0 aliphatic rings. The van der Waals surface area contributed by atoms with Crippen molar-refractivity contribution in [2.75, 3.05) is 7.05 Å². The minimum absolute atomic E-state index is 0.0736. The Balaban J connectivity index is 3.02. The number of nitrogens with one attached hydrogen (secondary N) is 1. The van der Waals surface area contributed by atoms with Crippen LogP contribution in [0.4, 0.5) is 13.2 Å². The van der Waals surface area contributed by atoms with E-state index in [0.29, 0.717) is 12.3 Å². The van der Waals surface area contributed by atoms with Crippen LogP contribution in [0.15, 0.2) is 12.1 Å². The van der Waals surface area contributed by atoms with Crippen molar-refractivity contribution in [3.8, 4) is 0 Å². The molecule has 108 valence electrons. The van der Waals surface area contributed by atoms with Gasteiger partial charge in [-0.25, -0.2) is 13.2 Å². The van der Waals surface area contributed by atoms with E-state index in [0.717, 1.165) is 6.07 Å². The topological polar surface area (TPSA) is 12.0 Å². The molecule has 0 aliphatic carbocycles. The van der Waals surface area contributed by atoms with Gasteiger partial charge >= 0.3 is 0 Å². The summed E-state index contributed by atoms with van der Waals surface area (Å²) in [6.45, 7) is 8.38. The van der Waals surface area contributed by atoms with E-state index in [1.54, 1.807) is 7.05 Å². The van der Waals surface area contributed by atoms with Gasteiger partial charge in [0.2, 0.25) is 0 Å². The molecule has 0 bridgehead atoms. The normalized spacial score (nSPS) is 15.4. The second kappa shape index (κ2) is 5.95. The zero-order valence-electron chi connectivity index (χ0n) is 12.2. The maximum absolute atomic E-state index is 13.8. The van der Waals surface area contributed by atoms with E-state index >= 15 is 0 Å². The van der Waals surface area contributed by atoms with E-state index in [1.165, 1.54) is 6.07 Å². The predicted octanol–water partition coefficient (Wildman–Crippen LogP) is 4.44. The summed E-state index contributed by atoms with van der Waals surface area (Å²) >= 11 is 0. The van der Waals surface area contributed by atoms with Crippen molar-refractivity contribution in [3.63, 3.8) is 0 Å². The van der Waals surface area contributed by atoms with Crippen molar-refractivity contribution in [1.82, 2.24) is 5.32 Å². The summed E-state index contributed by atoms with van der Waals surface area (Å²) in [7, 11) is 1.70. The summed E-state index contributed by atoms with van der Waals surface area (Å²) in [4.78, 5) is 0. The molecular weight excluding hydrogens is 251 g/mol. The highest BCUT2D eigenvalue weighted by Crippen LogP contribution is 2.34. The Hall–Kier alpha value is -1.03. The second-order valence-corrected chi connectivity index (χ2v) is 6.11. The smallest absolute Gasteiger partial charge is 0.194 e. The number of hydrogen-bond acceptors (Lipinski definition) is 1. The molecule has 0 fully saturated rings. The Morgan fingerprint density at radius 2 is 1.68 bits per heavy atom. The van der Waals surface area contributed by atoms with Crippen LogP contribution in [0.25, 0.3) is 0 Å². The Bertz CT molecular complexity index is 438. The first-order chi connectivity index (χ1) is 8.68. The second-order valence-electron chi connectivity index (χ2n) is 6.11. The third-order valence-corrected chi connectivity index (χ3v) is 3.86. The van der Waals surface area contributed by atoms with Crippen molar-refractivity contribution >= 4 is 0 Å². The predicted molar refractivity (Wildman–Crippen MR) is 71.4 cm³/mol. The van der Waals surface area contributed by atoms with E-state index in [-0.39, 0.29) is 17.0 Å². The zero-order valence-corrected chi connectivity index (χ0v) is 12.2. The van der Waals surface area contributed by atoms with Crippen molar-refractivity contribution in [3.05, 3.63) is 35.1 Å². The largest absolute Gasteiger partial charge is 0.313 e. The van der Waals surface area contributed by atoms with Crippen LogP contribution in [0, 0.1) is 28.8 Å². The van der Waals surface area contributed by atoms with Crippen LogP contribution in [0.2, 0.25) is 0 Å². The quantitative estimate of drug-likeness (QED) is 0.800. The molecule has 0 aromatic heterocycles. The lowest BCUT2D eigenvalue weighted by atomic mass is 9.77. The minimum atomic E-state index is -1.40. The van der Waals surface area contributed by atoms with Gasteiger partial charge in [-0.3, -0.25) is 0 Å². The highest BCUT2D eigenvalue weighted by atomic mass is 19.2. The average Bonchev–Trinajstić information content (AvgIpc) is 2.32. The Labute approximate surface area is 113 Å². The minimum Gasteiger partial charge on any atom is -0.313 e. The lowest BCUT2D eigenvalue weighted by Gasteiger charge is -2.31. The lowest BCUT2D eigenvalue weighted by Crippen LogP contribution is -2.26. The molecule has 19 heavy (non-hydrogen) atoms.